The van der Waals surface area contributed by atoms with Crippen LogP contribution in [0.25, 0.3) is 0 Å². The van der Waals surface area contributed by atoms with Crippen molar-refractivity contribution in [2.24, 2.45) is 17.8 Å². The van der Waals surface area contributed by atoms with E-state index in [9.17, 15) is 20.0 Å². The molecule has 1 aromatic rings. The van der Waals surface area contributed by atoms with Crippen LogP contribution in [0.3, 0.4) is 0 Å². The number of hydrogen-bond acceptors (Lipinski definition) is 4. The Hall–Kier alpha value is -2.15. The van der Waals surface area contributed by atoms with Gasteiger partial charge in [0.05, 0.1) is 4.92 Å². The van der Waals surface area contributed by atoms with Crippen LogP contribution in [0, 0.1) is 27.9 Å². The first-order valence-electron chi connectivity index (χ1n) is 7.51. The van der Waals surface area contributed by atoms with E-state index in [-0.39, 0.29) is 30.3 Å². The SMILES string of the molecule is O=C(Nc1cccc([N+](=O)[O-])c1)N[C@@H]1[C@H]2CC[C@@H](C2)[C@H]1CO. The molecule has 118 valence electrons. The van der Waals surface area contributed by atoms with Gasteiger partial charge in [0.15, 0.2) is 0 Å². The van der Waals surface area contributed by atoms with E-state index in [1.54, 1.807) is 6.07 Å². The molecule has 4 atom stereocenters. The number of nitro groups is 1. The predicted molar refractivity (Wildman–Crippen MR) is 80.4 cm³/mol. The third-order valence-electron chi connectivity index (χ3n) is 4.91. The minimum absolute atomic E-state index is 0.0116. The molecular formula is C15H19N3O4. The van der Waals surface area contributed by atoms with Gasteiger partial charge in [0.1, 0.15) is 0 Å². The van der Waals surface area contributed by atoms with Gasteiger partial charge in [-0.25, -0.2) is 4.79 Å². The summed E-state index contributed by atoms with van der Waals surface area (Å²) < 4.78 is 0. The van der Waals surface area contributed by atoms with E-state index in [4.69, 9.17) is 0 Å². The Morgan fingerprint density at radius 1 is 1.36 bits per heavy atom. The summed E-state index contributed by atoms with van der Waals surface area (Å²) >= 11 is 0. The van der Waals surface area contributed by atoms with Crippen molar-refractivity contribution in [2.75, 3.05) is 11.9 Å². The molecule has 7 nitrogen and oxygen atoms in total. The molecule has 2 amide bonds. The number of anilines is 1. The molecule has 0 aliphatic heterocycles. The summed E-state index contributed by atoms with van der Waals surface area (Å²) in [5.41, 5.74) is 0.321. The van der Waals surface area contributed by atoms with E-state index in [1.165, 1.54) is 18.2 Å². The van der Waals surface area contributed by atoms with Crippen molar-refractivity contribution in [3.05, 3.63) is 34.4 Å². The van der Waals surface area contributed by atoms with Crippen LogP contribution in [0.4, 0.5) is 16.2 Å². The lowest BCUT2D eigenvalue weighted by Gasteiger charge is -2.30. The van der Waals surface area contributed by atoms with Gasteiger partial charge in [0.2, 0.25) is 0 Å². The van der Waals surface area contributed by atoms with Crippen molar-refractivity contribution < 1.29 is 14.8 Å². The van der Waals surface area contributed by atoms with Gasteiger partial charge < -0.3 is 15.7 Å². The highest BCUT2D eigenvalue weighted by Crippen LogP contribution is 2.48. The van der Waals surface area contributed by atoms with Gasteiger partial charge in [-0.3, -0.25) is 10.1 Å². The van der Waals surface area contributed by atoms with Crippen LogP contribution >= 0.6 is 0 Å². The van der Waals surface area contributed by atoms with E-state index in [1.807, 2.05) is 0 Å². The highest BCUT2D eigenvalue weighted by atomic mass is 16.6. The van der Waals surface area contributed by atoms with Crippen LogP contribution in [-0.2, 0) is 0 Å². The molecule has 0 unspecified atom stereocenters. The summed E-state index contributed by atoms with van der Waals surface area (Å²) in [6.45, 7) is 0.0862. The molecule has 0 spiro atoms. The number of nitro benzene ring substituents is 1. The number of nitrogens with zero attached hydrogens (tertiary/aromatic N) is 1. The molecule has 3 N–H and O–H groups in total. The number of carbonyl (C=O) groups excluding carboxylic acids is 1. The third kappa shape index (κ3) is 2.76. The smallest absolute Gasteiger partial charge is 0.319 e. The molecule has 0 heterocycles. The first kappa shape index (κ1) is 14.8. The molecule has 2 bridgehead atoms. The molecular weight excluding hydrogens is 286 g/mol. The third-order valence-corrected chi connectivity index (χ3v) is 4.91. The van der Waals surface area contributed by atoms with Crippen molar-refractivity contribution >= 4 is 17.4 Å². The molecule has 0 saturated heterocycles. The summed E-state index contributed by atoms with van der Waals surface area (Å²) in [6.07, 6.45) is 3.27. The molecule has 3 rings (SSSR count). The van der Waals surface area contributed by atoms with Crippen LogP contribution in [0.2, 0.25) is 0 Å². The molecule has 22 heavy (non-hydrogen) atoms. The Bertz CT molecular complexity index is 592. The molecule has 0 radical (unpaired) electrons. The zero-order valence-corrected chi connectivity index (χ0v) is 12.1. The molecule has 0 aromatic heterocycles. The van der Waals surface area contributed by atoms with E-state index in [2.05, 4.69) is 10.6 Å². The number of urea groups is 1. The predicted octanol–water partition coefficient (Wildman–Crippen LogP) is 2.12. The zero-order valence-electron chi connectivity index (χ0n) is 12.1. The number of non-ortho nitro benzene ring substituents is 1. The second-order valence-corrected chi connectivity index (χ2v) is 6.11. The summed E-state index contributed by atoms with van der Waals surface area (Å²) in [6, 6.07) is 5.45. The molecule has 1 aromatic carbocycles. The number of amides is 2. The number of carbonyl (C=O) groups is 1. The second-order valence-electron chi connectivity index (χ2n) is 6.11. The van der Waals surface area contributed by atoms with E-state index < -0.39 is 4.92 Å². The van der Waals surface area contributed by atoms with Crippen LogP contribution in [0.5, 0.6) is 0 Å². The highest BCUT2D eigenvalue weighted by Gasteiger charge is 2.47. The molecule has 2 aliphatic carbocycles. The quantitative estimate of drug-likeness (QED) is 0.585. The second kappa shape index (κ2) is 5.92. The summed E-state index contributed by atoms with van der Waals surface area (Å²) in [4.78, 5) is 22.4. The minimum Gasteiger partial charge on any atom is -0.396 e. The lowest BCUT2D eigenvalue weighted by Crippen LogP contribution is -2.46. The van der Waals surface area contributed by atoms with Crippen molar-refractivity contribution in [2.45, 2.75) is 25.3 Å². The first-order valence-corrected chi connectivity index (χ1v) is 7.51. The van der Waals surface area contributed by atoms with Crippen molar-refractivity contribution in [3.8, 4) is 0 Å². The number of nitrogens with one attached hydrogen (secondary N) is 2. The minimum atomic E-state index is -0.499. The summed E-state index contributed by atoms with van der Waals surface area (Å²) in [7, 11) is 0. The standard InChI is InChI=1S/C15H19N3O4/c19-8-13-9-4-5-10(6-9)14(13)17-15(20)16-11-2-1-3-12(7-11)18(21)22/h1-3,7,9-10,13-14,19H,4-6,8H2,(H2,16,17,20)/t9-,10-,13+,14+/m0/s1. The van der Waals surface area contributed by atoms with Gasteiger partial charge in [-0.2, -0.15) is 0 Å². The normalized spacial score (nSPS) is 29.3. The maximum Gasteiger partial charge on any atom is 0.319 e. The Balaban J connectivity index is 1.63. The monoisotopic (exact) mass is 305 g/mol. The van der Waals surface area contributed by atoms with E-state index >= 15 is 0 Å². The largest absolute Gasteiger partial charge is 0.396 e. The van der Waals surface area contributed by atoms with Crippen molar-refractivity contribution in [1.82, 2.24) is 5.32 Å². The fourth-order valence-electron chi connectivity index (χ4n) is 3.91. The average Bonchev–Trinajstić information content (AvgIpc) is 3.08. The zero-order chi connectivity index (χ0) is 15.7. The van der Waals surface area contributed by atoms with Gasteiger partial charge >= 0.3 is 6.03 Å². The van der Waals surface area contributed by atoms with Crippen LogP contribution in [0.15, 0.2) is 24.3 Å². The molecule has 2 fully saturated rings. The van der Waals surface area contributed by atoms with Gasteiger partial charge in [-0.15, -0.1) is 0 Å². The Morgan fingerprint density at radius 2 is 2.14 bits per heavy atom. The fourth-order valence-corrected chi connectivity index (χ4v) is 3.91. The van der Waals surface area contributed by atoms with Gasteiger partial charge in [0, 0.05) is 36.4 Å². The van der Waals surface area contributed by atoms with Gasteiger partial charge in [-0.05, 0) is 37.2 Å². The van der Waals surface area contributed by atoms with Gasteiger partial charge in [0.25, 0.3) is 5.69 Å². The lowest BCUT2D eigenvalue weighted by atomic mass is 9.85. The van der Waals surface area contributed by atoms with Crippen molar-refractivity contribution in [3.63, 3.8) is 0 Å². The number of aliphatic hydroxyl groups excluding tert-OH is 1. The maximum absolute atomic E-state index is 12.1. The lowest BCUT2D eigenvalue weighted by molar-refractivity contribution is -0.384. The number of benzene rings is 1. The Morgan fingerprint density at radius 3 is 2.86 bits per heavy atom. The van der Waals surface area contributed by atoms with Crippen LogP contribution in [-0.4, -0.2) is 28.7 Å². The first-order chi connectivity index (χ1) is 10.6. The van der Waals surface area contributed by atoms with Crippen LogP contribution < -0.4 is 10.6 Å². The Kier molecular flexibility index (Phi) is 3.98. The number of aliphatic hydroxyl groups is 1. The van der Waals surface area contributed by atoms with E-state index in [0.29, 0.717) is 17.5 Å². The van der Waals surface area contributed by atoms with Crippen molar-refractivity contribution in [1.29, 1.82) is 0 Å². The maximum atomic E-state index is 12.1. The fraction of sp³-hybridized carbons (Fsp3) is 0.533. The van der Waals surface area contributed by atoms with Gasteiger partial charge in [-0.1, -0.05) is 6.07 Å². The number of rotatable bonds is 4. The topological polar surface area (TPSA) is 104 Å². The Labute approximate surface area is 127 Å². The molecule has 2 aliphatic rings. The van der Waals surface area contributed by atoms with E-state index in [0.717, 1.165) is 19.3 Å². The number of fused-ring (bicyclic) bond motifs is 2. The average molecular weight is 305 g/mol. The molecule has 2 saturated carbocycles. The number of hydrogen-bond donors (Lipinski definition) is 3. The highest BCUT2D eigenvalue weighted by molar-refractivity contribution is 5.89. The molecule has 7 heteroatoms. The van der Waals surface area contributed by atoms with Crippen LogP contribution in [0.1, 0.15) is 19.3 Å². The summed E-state index contributed by atoms with van der Waals surface area (Å²) in [5, 5.41) is 25.8. The summed E-state index contributed by atoms with van der Waals surface area (Å²) in [5.74, 6) is 1.05.